The Labute approximate surface area is 117 Å². The summed E-state index contributed by atoms with van der Waals surface area (Å²) >= 11 is 0. The lowest BCUT2D eigenvalue weighted by Crippen LogP contribution is -2.37. The van der Waals surface area contributed by atoms with Crippen molar-refractivity contribution in [3.8, 4) is 0 Å². The average Bonchev–Trinajstić information content (AvgIpc) is 2.37. The van der Waals surface area contributed by atoms with Crippen LogP contribution in [0.1, 0.15) is 15.9 Å². The second-order valence-corrected chi connectivity index (χ2v) is 4.80. The summed E-state index contributed by atoms with van der Waals surface area (Å²) < 4.78 is 24.8. The fourth-order valence-corrected chi connectivity index (χ4v) is 1.86. The summed E-state index contributed by atoms with van der Waals surface area (Å²) in [5.41, 5.74) is 1.38. The summed E-state index contributed by atoms with van der Waals surface area (Å²) in [4.78, 5) is 15.0. The minimum Gasteiger partial charge on any atom is -0.395 e. The molecule has 0 spiro atoms. The van der Waals surface area contributed by atoms with Crippen LogP contribution >= 0.6 is 0 Å². The third-order valence-corrected chi connectivity index (χ3v) is 2.72. The molecule has 0 bridgehead atoms. The van der Waals surface area contributed by atoms with Gasteiger partial charge in [0.15, 0.2) is 0 Å². The number of carbonyl (C=O) groups excluding carboxylic acids is 1. The number of amides is 1. The van der Waals surface area contributed by atoms with Crippen LogP contribution in [0.15, 0.2) is 24.3 Å². The van der Waals surface area contributed by atoms with E-state index in [9.17, 15) is 13.6 Å². The first-order valence-corrected chi connectivity index (χ1v) is 6.36. The third-order valence-electron chi connectivity index (χ3n) is 2.72. The van der Waals surface area contributed by atoms with Crippen LogP contribution in [-0.2, 0) is 6.54 Å². The minimum atomic E-state index is -2.61. The first-order chi connectivity index (χ1) is 9.43. The highest BCUT2D eigenvalue weighted by atomic mass is 19.3. The van der Waals surface area contributed by atoms with E-state index in [-0.39, 0.29) is 13.2 Å². The largest absolute Gasteiger partial charge is 0.395 e. The van der Waals surface area contributed by atoms with Crippen LogP contribution < -0.4 is 0 Å². The molecule has 0 aliphatic rings. The second-order valence-electron chi connectivity index (χ2n) is 4.80. The average molecular weight is 286 g/mol. The maximum Gasteiger partial charge on any atom is 0.255 e. The van der Waals surface area contributed by atoms with E-state index in [0.29, 0.717) is 5.56 Å². The molecule has 4 nitrogen and oxygen atoms in total. The highest BCUT2D eigenvalue weighted by molar-refractivity contribution is 5.94. The zero-order valence-corrected chi connectivity index (χ0v) is 11.7. The van der Waals surface area contributed by atoms with Gasteiger partial charge in [-0.25, -0.2) is 8.78 Å². The molecule has 1 amide bonds. The summed E-state index contributed by atoms with van der Waals surface area (Å²) in [7, 11) is 3.87. The zero-order chi connectivity index (χ0) is 15.1. The Morgan fingerprint density at radius 1 is 1.25 bits per heavy atom. The number of nitrogens with zero attached hydrogens (tertiary/aromatic N) is 2. The monoisotopic (exact) mass is 286 g/mol. The number of aliphatic hydroxyl groups excluding tert-OH is 1. The summed E-state index contributed by atoms with van der Waals surface area (Å²) in [6.45, 7) is -0.357. The molecule has 0 radical (unpaired) electrons. The van der Waals surface area contributed by atoms with Crippen LogP contribution in [0, 0.1) is 0 Å². The maximum absolute atomic E-state index is 12.4. The Bertz CT molecular complexity index is 422. The fraction of sp³-hybridized carbons (Fsp3) is 0.500. The second kappa shape index (κ2) is 7.91. The standard InChI is InChI=1S/C14H20F2N2O2/c1-17(2)9-11-3-5-12(6-4-11)14(20)18(7-8-19)10-13(15)16/h3-6,13,19H,7-10H2,1-2H3. The molecule has 0 heterocycles. The van der Waals surface area contributed by atoms with Crippen molar-refractivity contribution in [1.29, 1.82) is 0 Å². The highest BCUT2D eigenvalue weighted by Gasteiger charge is 2.19. The topological polar surface area (TPSA) is 43.8 Å². The van der Waals surface area contributed by atoms with E-state index in [0.717, 1.165) is 17.0 Å². The molecule has 1 aromatic rings. The van der Waals surface area contributed by atoms with Crippen molar-refractivity contribution in [3.05, 3.63) is 35.4 Å². The molecule has 1 aromatic carbocycles. The van der Waals surface area contributed by atoms with Gasteiger partial charge in [0.25, 0.3) is 12.3 Å². The van der Waals surface area contributed by atoms with Crippen LogP contribution in [0.5, 0.6) is 0 Å². The van der Waals surface area contributed by atoms with Crippen molar-refractivity contribution in [2.75, 3.05) is 33.8 Å². The van der Waals surface area contributed by atoms with Crippen LogP contribution in [0.25, 0.3) is 0 Å². The Hall–Kier alpha value is -1.53. The number of hydrogen-bond acceptors (Lipinski definition) is 3. The first-order valence-electron chi connectivity index (χ1n) is 6.36. The summed E-state index contributed by atoms with van der Waals surface area (Å²) in [6, 6.07) is 6.84. The van der Waals surface area contributed by atoms with Gasteiger partial charge in [-0.15, -0.1) is 0 Å². The molecular formula is C14H20F2N2O2. The molecule has 0 fully saturated rings. The molecule has 0 aliphatic carbocycles. The van der Waals surface area contributed by atoms with Gasteiger partial charge in [-0.1, -0.05) is 12.1 Å². The maximum atomic E-state index is 12.4. The van der Waals surface area contributed by atoms with E-state index in [1.807, 2.05) is 19.0 Å². The van der Waals surface area contributed by atoms with E-state index < -0.39 is 18.9 Å². The SMILES string of the molecule is CN(C)Cc1ccc(C(=O)N(CCO)CC(F)F)cc1. The van der Waals surface area contributed by atoms with Crippen molar-refractivity contribution in [1.82, 2.24) is 9.80 Å². The van der Waals surface area contributed by atoms with Gasteiger partial charge in [0.1, 0.15) is 0 Å². The van der Waals surface area contributed by atoms with Crippen LogP contribution in [0.3, 0.4) is 0 Å². The number of benzene rings is 1. The molecule has 0 aliphatic heterocycles. The van der Waals surface area contributed by atoms with Crippen LogP contribution in [0.2, 0.25) is 0 Å². The molecule has 1 rings (SSSR count). The van der Waals surface area contributed by atoms with Crippen molar-refractivity contribution in [3.63, 3.8) is 0 Å². The molecule has 0 unspecified atom stereocenters. The Morgan fingerprint density at radius 2 is 1.85 bits per heavy atom. The Morgan fingerprint density at radius 3 is 2.30 bits per heavy atom. The van der Waals surface area contributed by atoms with Crippen molar-refractivity contribution < 1.29 is 18.7 Å². The van der Waals surface area contributed by atoms with Gasteiger partial charge in [-0.3, -0.25) is 4.79 Å². The lowest BCUT2D eigenvalue weighted by molar-refractivity contribution is 0.0509. The number of carbonyl (C=O) groups is 1. The fourth-order valence-electron chi connectivity index (χ4n) is 1.86. The van der Waals surface area contributed by atoms with Crippen LogP contribution in [-0.4, -0.2) is 61.0 Å². The molecule has 6 heteroatoms. The summed E-state index contributed by atoms with van der Waals surface area (Å²) in [6.07, 6.45) is -2.61. The summed E-state index contributed by atoms with van der Waals surface area (Å²) in [5.74, 6) is -0.490. The minimum absolute atomic E-state index is 0.0946. The Balaban J connectivity index is 2.78. The van der Waals surface area contributed by atoms with E-state index in [4.69, 9.17) is 5.11 Å². The quantitative estimate of drug-likeness (QED) is 0.825. The highest BCUT2D eigenvalue weighted by Crippen LogP contribution is 2.10. The number of hydrogen-bond donors (Lipinski definition) is 1. The van der Waals surface area contributed by atoms with E-state index in [1.54, 1.807) is 24.3 Å². The predicted octanol–water partition coefficient (Wildman–Crippen LogP) is 1.45. The lowest BCUT2D eigenvalue weighted by Gasteiger charge is -2.21. The first kappa shape index (κ1) is 16.5. The van der Waals surface area contributed by atoms with E-state index >= 15 is 0 Å². The summed E-state index contributed by atoms with van der Waals surface area (Å²) in [5, 5.41) is 8.84. The van der Waals surface area contributed by atoms with Gasteiger partial charge in [0, 0.05) is 18.7 Å². The van der Waals surface area contributed by atoms with Gasteiger partial charge in [-0.05, 0) is 31.8 Å². The molecule has 0 saturated heterocycles. The van der Waals surface area contributed by atoms with Gasteiger partial charge < -0.3 is 14.9 Å². The lowest BCUT2D eigenvalue weighted by atomic mass is 10.1. The Kier molecular flexibility index (Phi) is 6.54. The smallest absolute Gasteiger partial charge is 0.255 e. The van der Waals surface area contributed by atoms with Gasteiger partial charge in [0.2, 0.25) is 0 Å². The molecule has 1 N–H and O–H groups in total. The number of rotatable bonds is 7. The van der Waals surface area contributed by atoms with Gasteiger partial charge >= 0.3 is 0 Å². The van der Waals surface area contributed by atoms with Crippen molar-refractivity contribution >= 4 is 5.91 Å². The molecule has 0 atom stereocenters. The van der Waals surface area contributed by atoms with E-state index in [2.05, 4.69) is 0 Å². The predicted molar refractivity (Wildman–Crippen MR) is 72.8 cm³/mol. The molecular weight excluding hydrogens is 266 g/mol. The van der Waals surface area contributed by atoms with Gasteiger partial charge in [-0.2, -0.15) is 0 Å². The molecule has 0 saturated carbocycles. The van der Waals surface area contributed by atoms with Gasteiger partial charge in [0.05, 0.1) is 13.2 Å². The van der Waals surface area contributed by atoms with Crippen molar-refractivity contribution in [2.24, 2.45) is 0 Å². The van der Waals surface area contributed by atoms with Crippen molar-refractivity contribution in [2.45, 2.75) is 13.0 Å². The van der Waals surface area contributed by atoms with E-state index in [1.165, 1.54) is 0 Å². The zero-order valence-electron chi connectivity index (χ0n) is 11.7. The molecule has 0 aromatic heterocycles. The number of alkyl halides is 2. The van der Waals surface area contributed by atoms with Crippen LogP contribution in [0.4, 0.5) is 8.78 Å². The number of aliphatic hydroxyl groups is 1. The normalized spacial score (nSPS) is 11.2. The number of halogens is 2. The molecule has 20 heavy (non-hydrogen) atoms. The molecule has 112 valence electrons. The third kappa shape index (κ3) is 5.22.